The zero-order valence-corrected chi connectivity index (χ0v) is 25.8. The van der Waals surface area contributed by atoms with Crippen molar-refractivity contribution in [2.24, 2.45) is 0 Å². The van der Waals surface area contributed by atoms with Gasteiger partial charge >= 0.3 is 0 Å². The molecule has 0 aromatic heterocycles. The molecule has 0 bridgehead atoms. The smallest absolute Gasteiger partial charge is 0.264 e. The molecule has 1 N–H and O–H groups in total. The SMILES string of the molecule is CCCCNC(=O)[C@@H](C)N(Cc1cccc(Cl)c1)C(=O)CN(c1cc(C)ccc1OC)S(=O)(=O)c1ccc(C)cc1. The molecular formula is C31H38ClN3O5S. The third kappa shape index (κ3) is 8.24. The lowest BCUT2D eigenvalue weighted by molar-refractivity contribution is -0.139. The molecular weight excluding hydrogens is 562 g/mol. The number of carbonyl (C=O) groups is 2. The molecule has 3 aromatic rings. The minimum Gasteiger partial charge on any atom is -0.495 e. The molecule has 0 aliphatic carbocycles. The second-order valence-corrected chi connectivity index (χ2v) is 12.3. The summed E-state index contributed by atoms with van der Waals surface area (Å²) < 4.78 is 34.7. The summed E-state index contributed by atoms with van der Waals surface area (Å²) >= 11 is 6.20. The number of sulfonamides is 1. The Balaban J connectivity index is 2.07. The molecule has 0 unspecified atom stereocenters. The number of ether oxygens (including phenoxy) is 1. The van der Waals surface area contributed by atoms with Crippen molar-refractivity contribution in [2.45, 2.75) is 58.0 Å². The Labute approximate surface area is 248 Å². The van der Waals surface area contributed by atoms with Crippen LogP contribution in [-0.2, 0) is 26.2 Å². The molecule has 0 saturated heterocycles. The molecule has 3 aromatic carbocycles. The van der Waals surface area contributed by atoms with E-state index in [0.717, 1.165) is 28.3 Å². The summed E-state index contributed by atoms with van der Waals surface area (Å²) in [6, 6.07) is 17.7. The minimum atomic E-state index is -4.21. The predicted molar refractivity (Wildman–Crippen MR) is 163 cm³/mol. The second-order valence-electron chi connectivity index (χ2n) is 9.97. The van der Waals surface area contributed by atoms with E-state index in [1.54, 1.807) is 61.5 Å². The first-order valence-corrected chi connectivity index (χ1v) is 15.4. The molecule has 0 radical (unpaired) electrons. The highest BCUT2D eigenvalue weighted by atomic mass is 35.5. The molecule has 0 spiro atoms. The highest BCUT2D eigenvalue weighted by Crippen LogP contribution is 2.34. The molecule has 0 fully saturated rings. The fraction of sp³-hybridized carbons (Fsp3) is 0.355. The number of hydrogen-bond donors (Lipinski definition) is 1. The fourth-order valence-electron chi connectivity index (χ4n) is 4.30. The van der Waals surface area contributed by atoms with Crippen molar-refractivity contribution < 1.29 is 22.7 Å². The van der Waals surface area contributed by atoms with Crippen molar-refractivity contribution in [2.75, 3.05) is 24.5 Å². The average Bonchev–Trinajstić information content (AvgIpc) is 2.94. The Bertz CT molecular complexity index is 1460. The molecule has 0 saturated carbocycles. The van der Waals surface area contributed by atoms with E-state index in [1.165, 1.54) is 24.1 Å². The second kappa shape index (κ2) is 14.4. The number of halogens is 1. The number of benzene rings is 3. The van der Waals surface area contributed by atoms with Gasteiger partial charge in [-0.3, -0.25) is 13.9 Å². The van der Waals surface area contributed by atoms with Crippen LogP contribution in [0.3, 0.4) is 0 Å². The summed E-state index contributed by atoms with van der Waals surface area (Å²) in [6.45, 7) is 7.34. The number of anilines is 1. The first-order valence-electron chi connectivity index (χ1n) is 13.5. The van der Waals surface area contributed by atoms with Crippen molar-refractivity contribution in [3.8, 4) is 5.75 Å². The van der Waals surface area contributed by atoms with Crippen LogP contribution in [-0.4, -0.2) is 51.4 Å². The van der Waals surface area contributed by atoms with Crippen LogP contribution in [0.4, 0.5) is 5.69 Å². The first-order chi connectivity index (χ1) is 19.5. The van der Waals surface area contributed by atoms with E-state index in [1.807, 2.05) is 20.8 Å². The third-order valence-corrected chi connectivity index (χ3v) is 8.74. The van der Waals surface area contributed by atoms with E-state index in [-0.39, 0.29) is 23.0 Å². The maximum absolute atomic E-state index is 14.1. The Kier molecular flexibility index (Phi) is 11.2. The van der Waals surface area contributed by atoms with Gasteiger partial charge in [-0.25, -0.2) is 8.42 Å². The molecule has 0 aliphatic rings. The van der Waals surface area contributed by atoms with Gasteiger partial charge in [0.15, 0.2) is 0 Å². The number of nitrogens with one attached hydrogen (secondary N) is 1. The Hall–Kier alpha value is -3.56. The Morgan fingerprint density at radius 1 is 1.00 bits per heavy atom. The van der Waals surface area contributed by atoms with Crippen LogP contribution in [0.5, 0.6) is 5.75 Å². The molecule has 2 amide bonds. The number of methoxy groups -OCH3 is 1. The van der Waals surface area contributed by atoms with Gasteiger partial charge < -0.3 is 15.0 Å². The Morgan fingerprint density at radius 2 is 1.68 bits per heavy atom. The standard InChI is InChI=1S/C31H38ClN3O5S/c1-6-7-17-33-31(37)24(4)34(20-25-9-8-10-26(32)19-25)30(36)21-35(28-18-23(3)13-16-29(28)40-5)41(38,39)27-14-11-22(2)12-15-27/h8-16,18-19,24H,6-7,17,20-21H2,1-5H3,(H,33,37)/t24-/m1/s1. The maximum atomic E-state index is 14.1. The summed E-state index contributed by atoms with van der Waals surface area (Å²) in [6.07, 6.45) is 1.71. The number of hydrogen-bond acceptors (Lipinski definition) is 5. The van der Waals surface area contributed by atoms with Gasteiger partial charge in [0.1, 0.15) is 18.3 Å². The highest BCUT2D eigenvalue weighted by Gasteiger charge is 2.34. The zero-order chi connectivity index (χ0) is 30.2. The van der Waals surface area contributed by atoms with Crippen LogP contribution in [0.15, 0.2) is 71.6 Å². The lowest BCUT2D eigenvalue weighted by Gasteiger charge is -2.32. The summed E-state index contributed by atoms with van der Waals surface area (Å²) in [5, 5.41) is 3.37. The van der Waals surface area contributed by atoms with Crippen LogP contribution < -0.4 is 14.4 Å². The zero-order valence-electron chi connectivity index (χ0n) is 24.2. The minimum absolute atomic E-state index is 0.0335. The molecule has 3 rings (SSSR count). The quantitative estimate of drug-likeness (QED) is 0.262. The van der Waals surface area contributed by atoms with Crippen LogP contribution >= 0.6 is 11.6 Å². The van der Waals surface area contributed by atoms with Gasteiger partial charge in [-0.2, -0.15) is 0 Å². The van der Waals surface area contributed by atoms with Gasteiger partial charge in [0.05, 0.1) is 17.7 Å². The van der Waals surface area contributed by atoms with E-state index in [9.17, 15) is 18.0 Å². The number of unbranched alkanes of at least 4 members (excludes halogenated alkanes) is 1. The van der Waals surface area contributed by atoms with Crippen LogP contribution in [0, 0.1) is 13.8 Å². The number of carbonyl (C=O) groups excluding carboxylic acids is 2. The molecule has 41 heavy (non-hydrogen) atoms. The van der Waals surface area contributed by atoms with E-state index >= 15 is 0 Å². The molecule has 220 valence electrons. The van der Waals surface area contributed by atoms with Gasteiger partial charge in [-0.05, 0) is 74.7 Å². The average molecular weight is 600 g/mol. The van der Waals surface area contributed by atoms with E-state index in [2.05, 4.69) is 5.32 Å². The first kappa shape index (κ1) is 32.0. The fourth-order valence-corrected chi connectivity index (χ4v) is 5.93. The largest absolute Gasteiger partial charge is 0.495 e. The van der Waals surface area contributed by atoms with Gasteiger partial charge in [-0.15, -0.1) is 0 Å². The molecule has 1 atom stereocenters. The van der Waals surface area contributed by atoms with E-state index < -0.39 is 28.5 Å². The van der Waals surface area contributed by atoms with Gasteiger partial charge in [-0.1, -0.05) is 60.8 Å². The Morgan fingerprint density at radius 3 is 2.32 bits per heavy atom. The molecule has 8 nitrogen and oxygen atoms in total. The van der Waals surface area contributed by atoms with Crippen molar-refractivity contribution in [1.29, 1.82) is 0 Å². The van der Waals surface area contributed by atoms with Crippen molar-refractivity contribution in [1.82, 2.24) is 10.2 Å². The van der Waals surface area contributed by atoms with E-state index in [4.69, 9.17) is 16.3 Å². The van der Waals surface area contributed by atoms with Crippen LogP contribution in [0.1, 0.15) is 43.4 Å². The third-order valence-electron chi connectivity index (χ3n) is 6.73. The van der Waals surface area contributed by atoms with Crippen LogP contribution in [0.25, 0.3) is 0 Å². The number of rotatable bonds is 13. The number of nitrogens with zero attached hydrogens (tertiary/aromatic N) is 2. The summed E-state index contributed by atoms with van der Waals surface area (Å²) in [7, 11) is -2.76. The van der Waals surface area contributed by atoms with Gasteiger partial charge in [0, 0.05) is 18.1 Å². The molecule has 0 heterocycles. The summed E-state index contributed by atoms with van der Waals surface area (Å²) in [4.78, 5) is 28.6. The normalized spacial score (nSPS) is 12.0. The lowest BCUT2D eigenvalue weighted by Crippen LogP contribution is -2.51. The van der Waals surface area contributed by atoms with Gasteiger partial charge in [0.25, 0.3) is 10.0 Å². The molecule has 10 heteroatoms. The van der Waals surface area contributed by atoms with Crippen molar-refractivity contribution in [3.63, 3.8) is 0 Å². The summed E-state index contributed by atoms with van der Waals surface area (Å²) in [5.74, 6) is -0.580. The maximum Gasteiger partial charge on any atom is 0.264 e. The molecule has 0 aliphatic heterocycles. The number of amides is 2. The van der Waals surface area contributed by atoms with Crippen molar-refractivity contribution >= 4 is 39.1 Å². The van der Waals surface area contributed by atoms with Crippen LogP contribution in [0.2, 0.25) is 5.02 Å². The summed E-state index contributed by atoms with van der Waals surface area (Å²) in [5.41, 5.74) is 2.62. The topological polar surface area (TPSA) is 96.0 Å². The van der Waals surface area contributed by atoms with Crippen molar-refractivity contribution in [3.05, 3.63) is 88.4 Å². The lowest BCUT2D eigenvalue weighted by atomic mass is 10.1. The highest BCUT2D eigenvalue weighted by molar-refractivity contribution is 7.92. The predicted octanol–water partition coefficient (Wildman–Crippen LogP) is 5.49. The van der Waals surface area contributed by atoms with E-state index in [0.29, 0.717) is 22.9 Å². The number of aryl methyl sites for hydroxylation is 2. The monoisotopic (exact) mass is 599 g/mol. The van der Waals surface area contributed by atoms with Gasteiger partial charge in [0.2, 0.25) is 11.8 Å².